The van der Waals surface area contributed by atoms with Crippen molar-refractivity contribution < 1.29 is 13.2 Å². The molecule has 0 amide bonds. The largest absolute Gasteiger partial charge is 0.437 e. The van der Waals surface area contributed by atoms with Gasteiger partial charge in [-0.3, -0.25) is 5.10 Å². The highest BCUT2D eigenvalue weighted by Crippen LogP contribution is 2.51. The molecule has 124 valence electrons. The Balaban J connectivity index is 2.11. The van der Waals surface area contributed by atoms with Crippen LogP contribution in [-0.4, -0.2) is 17.2 Å². The van der Waals surface area contributed by atoms with Crippen LogP contribution in [0.3, 0.4) is 0 Å². The van der Waals surface area contributed by atoms with Gasteiger partial charge in [-0.2, -0.15) is 18.3 Å². The van der Waals surface area contributed by atoms with Crippen LogP contribution in [-0.2, 0) is 12.6 Å². The number of rotatable bonds is 2. The lowest BCUT2D eigenvalue weighted by Crippen LogP contribution is -2.34. The molecule has 1 N–H and O–H groups in total. The van der Waals surface area contributed by atoms with Crippen molar-refractivity contribution in [3.63, 3.8) is 0 Å². The van der Waals surface area contributed by atoms with E-state index in [1.807, 2.05) is 18.2 Å². The van der Waals surface area contributed by atoms with Gasteiger partial charge in [0, 0.05) is 7.05 Å². The van der Waals surface area contributed by atoms with Gasteiger partial charge in [0.1, 0.15) is 0 Å². The smallest absolute Gasteiger partial charge is 0.364 e. The predicted octanol–water partition coefficient (Wildman–Crippen LogP) is 4.50. The Morgan fingerprint density at radius 1 is 1.26 bits per heavy atom. The van der Waals surface area contributed by atoms with Crippen LogP contribution in [0.2, 0.25) is 0 Å². The first kappa shape index (κ1) is 15.9. The van der Waals surface area contributed by atoms with Crippen LogP contribution in [0.25, 0.3) is 0 Å². The number of anilines is 1. The lowest BCUT2D eigenvalue weighted by molar-refractivity contribution is -0.140. The van der Waals surface area contributed by atoms with Gasteiger partial charge >= 0.3 is 6.18 Å². The molecule has 23 heavy (non-hydrogen) atoms. The van der Waals surface area contributed by atoms with E-state index >= 15 is 0 Å². The van der Waals surface area contributed by atoms with Crippen LogP contribution in [0.1, 0.15) is 42.4 Å². The SMILES string of the molecule is Cc1[nH]nc(C(F)(F)F)c1N(C)C1c2ccccc2CC1(C)C. The van der Waals surface area contributed by atoms with Crippen LogP contribution in [0.4, 0.5) is 18.9 Å². The summed E-state index contributed by atoms with van der Waals surface area (Å²) < 4.78 is 39.9. The standard InChI is InChI=1S/C17H20F3N3/c1-10-13(14(22-21-10)17(18,19)20)23(4)15-12-8-6-5-7-11(12)9-16(15,2)3/h5-8,15H,9H2,1-4H3,(H,21,22). The molecule has 1 heterocycles. The number of benzene rings is 1. The molecule has 0 saturated carbocycles. The van der Waals surface area contributed by atoms with Crippen LogP contribution in [0, 0.1) is 12.3 Å². The number of halogens is 3. The van der Waals surface area contributed by atoms with Gasteiger partial charge in [-0.1, -0.05) is 38.1 Å². The van der Waals surface area contributed by atoms with Gasteiger partial charge in [0.05, 0.1) is 17.4 Å². The van der Waals surface area contributed by atoms with E-state index in [1.54, 1.807) is 18.9 Å². The lowest BCUT2D eigenvalue weighted by Gasteiger charge is -2.37. The van der Waals surface area contributed by atoms with Crippen LogP contribution < -0.4 is 4.90 Å². The number of aromatic amines is 1. The third-order valence-electron chi connectivity index (χ3n) is 4.66. The Morgan fingerprint density at radius 2 is 1.91 bits per heavy atom. The van der Waals surface area contributed by atoms with Crippen molar-refractivity contribution in [2.24, 2.45) is 5.41 Å². The number of hydrogen-bond donors (Lipinski definition) is 1. The minimum absolute atomic E-state index is 0.129. The Morgan fingerprint density at radius 3 is 2.57 bits per heavy atom. The molecule has 1 aromatic carbocycles. The monoisotopic (exact) mass is 323 g/mol. The number of nitrogens with one attached hydrogen (secondary N) is 1. The number of aromatic nitrogens is 2. The van der Waals surface area contributed by atoms with E-state index < -0.39 is 11.9 Å². The Hall–Kier alpha value is -1.98. The van der Waals surface area contributed by atoms with E-state index in [0.717, 1.165) is 12.0 Å². The summed E-state index contributed by atoms with van der Waals surface area (Å²) >= 11 is 0. The van der Waals surface area contributed by atoms with Crippen molar-refractivity contribution in [1.82, 2.24) is 10.2 Å². The van der Waals surface area contributed by atoms with Crippen molar-refractivity contribution in [1.29, 1.82) is 0 Å². The van der Waals surface area contributed by atoms with E-state index in [2.05, 4.69) is 30.1 Å². The number of fused-ring (bicyclic) bond motifs is 1. The lowest BCUT2D eigenvalue weighted by atomic mass is 9.84. The molecule has 1 aromatic heterocycles. The molecule has 3 nitrogen and oxygen atoms in total. The number of aryl methyl sites for hydroxylation is 1. The normalized spacial score (nSPS) is 19.7. The molecular formula is C17H20F3N3. The molecule has 0 bridgehead atoms. The molecule has 0 saturated heterocycles. The Kier molecular flexibility index (Phi) is 3.46. The summed E-state index contributed by atoms with van der Waals surface area (Å²) in [5, 5.41) is 5.98. The summed E-state index contributed by atoms with van der Waals surface area (Å²) in [5.74, 6) is 0. The maximum absolute atomic E-state index is 13.3. The summed E-state index contributed by atoms with van der Waals surface area (Å²) in [4.78, 5) is 1.73. The average Bonchev–Trinajstić information content (AvgIpc) is 2.93. The summed E-state index contributed by atoms with van der Waals surface area (Å²) in [6.45, 7) is 5.82. The molecule has 6 heteroatoms. The fraction of sp³-hybridized carbons (Fsp3) is 0.471. The van der Waals surface area contributed by atoms with Crippen LogP contribution in [0.5, 0.6) is 0 Å². The first-order valence-electron chi connectivity index (χ1n) is 7.55. The highest BCUT2D eigenvalue weighted by molar-refractivity contribution is 5.59. The average molecular weight is 323 g/mol. The summed E-state index contributed by atoms with van der Waals surface area (Å²) in [5.41, 5.74) is 1.84. The molecule has 0 aliphatic heterocycles. The van der Waals surface area contributed by atoms with Gasteiger partial charge < -0.3 is 4.90 Å². The summed E-state index contributed by atoms with van der Waals surface area (Å²) in [7, 11) is 1.72. The third-order valence-corrected chi connectivity index (χ3v) is 4.66. The minimum atomic E-state index is -4.48. The Labute approximate surface area is 133 Å². The fourth-order valence-corrected chi connectivity index (χ4v) is 3.88. The molecule has 1 unspecified atom stereocenters. The second-order valence-electron chi connectivity index (χ2n) is 6.92. The van der Waals surface area contributed by atoms with Crippen molar-refractivity contribution in [3.05, 3.63) is 46.8 Å². The first-order chi connectivity index (χ1) is 10.6. The zero-order chi connectivity index (χ0) is 17.0. The molecule has 0 spiro atoms. The fourth-order valence-electron chi connectivity index (χ4n) is 3.88. The maximum atomic E-state index is 13.3. The van der Waals surface area contributed by atoms with E-state index in [0.29, 0.717) is 5.69 Å². The zero-order valence-electron chi connectivity index (χ0n) is 13.6. The topological polar surface area (TPSA) is 31.9 Å². The molecule has 0 fully saturated rings. The maximum Gasteiger partial charge on any atom is 0.437 e. The molecule has 1 aliphatic carbocycles. The second-order valence-corrected chi connectivity index (χ2v) is 6.92. The van der Waals surface area contributed by atoms with Gasteiger partial charge in [-0.25, -0.2) is 0 Å². The Bertz CT molecular complexity index is 731. The van der Waals surface area contributed by atoms with E-state index in [4.69, 9.17) is 0 Å². The van der Waals surface area contributed by atoms with Crippen molar-refractivity contribution in [2.45, 2.75) is 39.4 Å². The van der Waals surface area contributed by atoms with E-state index in [1.165, 1.54) is 5.56 Å². The van der Waals surface area contributed by atoms with Crippen molar-refractivity contribution in [3.8, 4) is 0 Å². The van der Waals surface area contributed by atoms with Gasteiger partial charge in [-0.05, 0) is 29.9 Å². The van der Waals surface area contributed by atoms with Gasteiger partial charge in [0.2, 0.25) is 0 Å². The molecule has 0 radical (unpaired) electrons. The number of hydrogen-bond acceptors (Lipinski definition) is 2. The van der Waals surface area contributed by atoms with Crippen molar-refractivity contribution in [2.75, 3.05) is 11.9 Å². The summed E-state index contributed by atoms with van der Waals surface area (Å²) in [6.07, 6.45) is -3.63. The molecule has 2 aromatic rings. The van der Waals surface area contributed by atoms with Gasteiger partial charge in [-0.15, -0.1) is 0 Å². The van der Waals surface area contributed by atoms with Gasteiger partial charge in [0.15, 0.2) is 5.69 Å². The van der Waals surface area contributed by atoms with Gasteiger partial charge in [0.25, 0.3) is 0 Å². The van der Waals surface area contributed by atoms with Crippen molar-refractivity contribution >= 4 is 5.69 Å². The minimum Gasteiger partial charge on any atom is -0.364 e. The van der Waals surface area contributed by atoms with Crippen LogP contribution >= 0.6 is 0 Å². The third kappa shape index (κ3) is 2.50. The molecule has 1 atom stereocenters. The first-order valence-corrected chi connectivity index (χ1v) is 7.55. The highest BCUT2D eigenvalue weighted by Gasteiger charge is 2.45. The quantitative estimate of drug-likeness (QED) is 0.882. The summed E-state index contributed by atoms with van der Waals surface area (Å²) in [6, 6.07) is 7.84. The zero-order valence-corrected chi connectivity index (χ0v) is 13.6. The molecule has 3 rings (SSSR count). The number of alkyl halides is 3. The molecular weight excluding hydrogens is 303 g/mol. The second kappa shape index (κ2) is 5.01. The van der Waals surface area contributed by atoms with E-state index in [-0.39, 0.29) is 17.1 Å². The van der Waals surface area contributed by atoms with E-state index in [9.17, 15) is 13.2 Å². The highest BCUT2D eigenvalue weighted by atomic mass is 19.4. The number of nitrogens with zero attached hydrogens (tertiary/aromatic N) is 2. The van der Waals surface area contributed by atoms with Crippen LogP contribution in [0.15, 0.2) is 24.3 Å². The molecule has 1 aliphatic rings. The number of H-pyrrole nitrogens is 1. The predicted molar refractivity (Wildman–Crippen MR) is 83.4 cm³/mol.